The Kier molecular flexibility index (Phi) is 4.84. The second kappa shape index (κ2) is 6.44. The van der Waals surface area contributed by atoms with Crippen LogP contribution in [0.4, 0.5) is 0 Å². The van der Waals surface area contributed by atoms with Crippen molar-refractivity contribution in [1.82, 2.24) is 5.32 Å². The number of hydrogen-bond acceptors (Lipinski definition) is 1. The van der Waals surface area contributed by atoms with E-state index in [4.69, 9.17) is 0 Å². The summed E-state index contributed by atoms with van der Waals surface area (Å²) in [5.74, 6) is 0. The highest BCUT2D eigenvalue weighted by molar-refractivity contribution is 5.29. The molecular weight excluding hydrogens is 254 g/mol. The molecule has 2 rings (SSSR count). The predicted molar refractivity (Wildman–Crippen MR) is 91.5 cm³/mol. The van der Waals surface area contributed by atoms with Crippen molar-refractivity contribution in [3.63, 3.8) is 0 Å². The maximum absolute atomic E-state index is 3.67. The van der Waals surface area contributed by atoms with Crippen LogP contribution in [0.1, 0.15) is 63.4 Å². The van der Waals surface area contributed by atoms with E-state index in [-0.39, 0.29) is 5.41 Å². The molecule has 0 aromatic heterocycles. The van der Waals surface area contributed by atoms with Gasteiger partial charge < -0.3 is 5.32 Å². The van der Waals surface area contributed by atoms with Crippen LogP contribution in [0.2, 0.25) is 0 Å². The van der Waals surface area contributed by atoms with Crippen LogP contribution in [0.25, 0.3) is 0 Å². The van der Waals surface area contributed by atoms with E-state index >= 15 is 0 Å². The van der Waals surface area contributed by atoms with E-state index in [0.717, 1.165) is 0 Å². The first-order chi connectivity index (χ1) is 9.88. The molecular formula is C20H27N. The molecule has 0 radical (unpaired) electrons. The summed E-state index contributed by atoms with van der Waals surface area (Å²) in [4.78, 5) is 0. The molecule has 0 aliphatic carbocycles. The minimum Gasteiger partial charge on any atom is -0.304 e. The van der Waals surface area contributed by atoms with E-state index < -0.39 is 0 Å². The SMILES string of the molecule is CC(N[C@@H](C)c1ccccc1)c1ccc(C(C)(C)C)cc1. The Bertz CT molecular complexity index is 549. The molecule has 0 amide bonds. The van der Waals surface area contributed by atoms with Gasteiger partial charge in [-0.3, -0.25) is 0 Å². The van der Waals surface area contributed by atoms with Crippen molar-refractivity contribution in [2.75, 3.05) is 0 Å². The monoisotopic (exact) mass is 281 g/mol. The highest BCUT2D eigenvalue weighted by Crippen LogP contribution is 2.25. The van der Waals surface area contributed by atoms with Crippen LogP contribution < -0.4 is 5.32 Å². The van der Waals surface area contributed by atoms with Gasteiger partial charge in [0, 0.05) is 12.1 Å². The van der Waals surface area contributed by atoms with Crippen molar-refractivity contribution in [3.8, 4) is 0 Å². The van der Waals surface area contributed by atoms with Crippen molar-refractivity contribution in [2.45, 2.75) is 52.1 Å². The summed E-state index contributed by atoms with van der Waals surface area (Å²) in [5, 5.41) is 3.67. The lowest BCUT2D eigenvalue weighted by molar-refractivity contribution is 0.494. The van der Waals surface area contributed by atoms with Crippen molar-refractivity contribution in [1.29, 1.82) is 0 Å². The molecule has 0 saturated heterocycles. The Labute approximate surface area is 129 Å². The molecule has 0 bridgehead atoms. The quantitative estimate of drug-likeness (QED) is 0.791. The fourth-order valence-electron chi connectivity index (χ4n) is 2.58. The molecule has 0 aliphatic rings. The molecule has 2 aromatic rings. The molecule has 0 fully saturated rings. The molecule has 21 heavy (non-hydrogen) atoms. The predicted octanol–water partition coefficient (Wildman–Crippen LogP) is 5.40. The third kappa shape index (κ3) is 4.18. The van der Waals surface area contributed by atoms with E-state index in [1.54, 1.807) is 0 Å². The van der Waals surface area contributed by atoms with Crippen molar-refractivity contribution < 1.29 is 0 Å². The molecule has 2 atom stereocenters. The highest BCUT2D eigenvalue weighted by atomic mass is 14.9. The van der Waals surface area contributed by atoms with Crippen molar-refractivity contribution in [3.05, 3.63) is 71.3 Å². The first-order valence-electron chi connectivity index (χ1n) is 7.79. The maximum Gasteiger partial charge on any atom is 0.0297 e. The zero-order valence-corrected chi connectivity index (χ0v) is 13.9. The van der Waals surface area contributed by atoms with Gasteiger partial charge in [-0.1, -0.05) is 75.4 Å². The summed E-state index contributed by atoms with van der Waals surface area (Å²) >= 11 is 0. The minimum atomic E-state index is 0.215. The highest BCUT2D eigenvalue weighted by Gasteiger charge is 2.15. The van der Waals surface area contributed by atoms with Gasteiger partial charge in [0.15, 0.2) is 0 Å². The lowest BCUT2D eigenvalue weighted by atomic mass is 9.86. The van der Waals surface area contributed by atoms with Gasteiger partial charge in [-0.05, 0) is 36.0 Å². The van der Waals surface area contributed by atoms with Gasteiger partial charge in [-0.2, -0.15) is 0 Å². The average molecular weight is 281 g/mol. The number of rotatable bonds is 4. The van der Waals surface area contributed by atoms with E-state index in [1.807, 2.05) is 0 Å². The average Bonchev–Trinajstić information content (AvgIpc) is 2.47. The van der Waals surface area contributed by atoms with Gasteiger partial charge in [-0.25, -0.2) is 0 Å². The fourth-order valence-corrected chi connectivity index (χ4v) is 2.58. The van der Waals surface area contributed by atoms with Crippen LogP contribution in [0.5, 0.6) is 0 Å². The maximum atomic E-state index is 3.67. The Hall–Kier alpha value is -1.60. The van der Waals surface area contributed by atoms with E-state index in [2.05, 4.69) is 94.5 Å². The first-order valence-corrected chi connectivity index (χ1v) is 7.79. The molecule has 112 valence electrons. The van der Waals surface area contributed by atoms with Crippen LogP contribution in [0.15, 0.2) is 54.6 Å². The number of benzene rings is 2. The molecule has 0 heterocycles. The zero-order valence-electron chi connectivity index (χ0n) is 13.9. The largest absolute Gasteiger partial charge is 0.304 e. The zero-order chi connectivity index (χ0) is 15.5. The van der Waals surface area contributed by atoms with Crippen LogP contribution in [0.3, 0.4) is 0 Å². The normalized spacial score (nSPS) is 14.7. The molecule has 1 nitrogen and oxygen atoms in total. The topological polar surface area (TPSA) is 12.0 Å². The van der Waals surface area contributed by atoms with Crippen molar-refractivity contribution >= 4 is 0 Å². The minimum absolute atomic E-state index is 0.215. The summed E-state index contributed by atoms with van der Waals surface area (Å²) in [6.45, 7) is 11.2. The fraction of sp³-hybridized carbons (Fsp3) is 0.400. The summed E-state index contributed by atoms with van der Waals surface area (Å²) < 4.78 is 0. The second-order valence-electron chi connectivity index (χ2n) is 6.89. The lowest BCUT2D eigenvalue weighted by Crippen LogP contribution is -2.22. The summed E-state index contributed by atoms with van der Waals surface area (Å²) in [5.41, 5.74) is 4.27. The summed E-state index contributed by atoms with van der Waals surface area (Å²) in [6, 6.07) is 20.3. The van der Waals surface area contributed by atoms with Crippen LogP contribution >= 0.6 is 0 Å². The van der Waals surface area contributed by atoms with Gasteiger partial charge in [-0.15, -0.1) is 0 Å². The van der Waals surface area contributed by atoms with Crippen LogP contribution in [-0.4, -0.2) is 0 Å². The molecule has 0 spiro atoms. The van der Waals surface area contributed by atoms with Gasteiger partial charge in [0.25, 0.3) is 0 Å². The second-order valence-corrected chi connectivity index (χ2v) is 6.89. The lowest BCUT2D eigenvalue weighted by Gasteiger charge is -2.23. The first kappa shape index (κ1) is 15.8. The Morgan fingerprint density at radius 3 is 1.67 bits per heavy atom. The Morgan fingerprint density at radius 1 is 0.714 bits per heavy atom. The van der Waals surface area contributed by atoms with E-state index in [0.29, 0.717) is 12.1 Å². The molecule has 2 aromatic carbocycles. The van der Waals surface area contributed by atoms with E-state index in [9.17, 15) is 0 Å². The molecule has 1 N–H and O–H groups in total. The summed E-state index contributed by atoms with van der Waals surface area (Å²) in [7, 11) is 0. The van der Waals surface area contributed by atoms with Crippen LogP contribution in [-0.2, 0) is 5.41 Å². The van der Waals surface area contributed by atoms with Gasteiger partial charge in [0.2, 0.25) is 0 Å². The molecule has 0 saturated carbocycles. The Morgan fingerprint density at radius 2 is 1.19 bits per heavy atom. The number of hydrogen-bond donors (Lipinski definition) is 1. The van der Waals surface area contributed by atoms with Crippen LogP contribution in [0, 0.1) is 0 Å². The molecule has 0 aliphatic heterocycles. The summed E-state index contributed by atoms with van der Waals surface area (Å²) in [6.07, 6.45) is 0. The van der Waals surface area contributed by atoms with Gasteiger partial charge in [0.1, 0.15) is 0 Å². The number of nitrogens with one attached hydrogen (secondary N) is 1. The van der Waals surface area contributed by atoms with Crippen molar-refractivity contribution in [2.24, 2.45) is 0 Å². The van der Waals surface area contributed by atoms with Gasteiger partial charge >= 0.3 is 0 Å². The third-order valence-electron chi connectivity index (χ3n) is 4.08. The standard InChI is InChI=1S/C20H27N/c1-15(17-9-7-6-8-10-17)21-16(2)18-11-13-19(14-12-18)20(3,4)5/h6-16,21H,1-5H3/t15-,16?/m0/s1. The molecule has 1 unspecified atom stereocenters. The molecule has 1 heteroatoms. The smallest absolute Gasteiger partial charge is 0.0297 e. The van der Waals surface area contributed by atoms with E-state index in [1.165, 1.54) is 16.7 Å². The van der Waals surface area contributed by atoms with Gasteiger partial charge in [0.05, 0.1) is 0 Å². The third-order valence-corrected chi connectivity index (χ3v) is 4.08. The Balaban J connectivity index is 2.05.